The molecule has 192 valence electrons. The molecule has 37 heavy (non-hydrogen) atoms. The summed E-state index contributed by atoms with van der Waals surface area (Å²) in [6.45, 7) is 7.91. The molecular formula is C28H32N6O3. The maximum absolute atomic E-state index is 12.7. The fourth-order valence-electron chi connectivity index (χ4n) is 3.66. The number of nitrogens with zero attached hydrogens (tertiary/aromatic N) is 2. The maximum atomic E-state index is 12.7. The molecule has 2 aromatic heterocycles. The van der Waals surface area contributed by atoms with E-state index in [4.69, 9.17) is 16.0 Å². The first-order chi connectivity index (χ1) is 17.5. The van der Waals surface area contributed by atoms with Crippen molar-refractivity contribution in [3.05, 3.63) is 83.0 Å². The fourth-order valence-corrected chi connectivity index (χ4v) is 3.66. The number of hydrogen-bond donors (Lipinski definition) is 4. The Kier molecular flexibility index (Phi) is 7.15. The van der Waals surface area contributed by atoms with E-state index in [0.29, 0.717) is 28.5 Å². The summed E-state index contributed by atoms with van der Waals surface area (Å²) in [6, 6.07) is 10.7. The Labute approximate surface area is 216 Å². The molecule has 0 radical (unpaired) electrons. The van der Waals surface area contributed by atoms with E-state index in [9.17, 15) is 9.59 Å². The number of rotatable bonds is 7. The second kappa shape index (κ2) is 10.3. The van der Waals surface area contributed by atoms with Crippen LogP contribution in [0.4, 0.5) is 11.5 Å². The van der Waals surface area contributed by atoms with Crippen LogP contribution in [0, 0.1) is 12.8 Å². The van der Waals surface area contributed by atoms with Gasteiger partial charge in [-0.25, -0.2) is 4.98 Å². The van der Waals surface area contributed by atoms with Gasteiger partial charge >= 0.3 is 0 Å². The molecule has 1 saturated carbocycles. The number of nitrogens with two attached hydrogens (primary N) is 2. The van der Waals surface area contributed by atoms with Crippen LogP contribution in [-0.4, -0.2) is 22.0 Å². The lowest BCUT2D eigenvalue weighted by Gasteiger charge is -2.12. The molecule has 1 fully saturated rings. The van der Waals surface area contributed by atoms with E-state index in [1.807, 2.05) is 33.8 Å². The lowest BCUT2D eigenvalue weighted by molar-refractivity contribution is -0.117. The van der Waals surface area contributed by atoms with Crippen LogP contribution in [0.25, 0.3) is 11.3 Å². The fraction of sp³-hybridized carbons (Fsp3) is 0.286. The summed E-state index contributed by atoms with van der Waals surface area (Å²) in [7, 11) is 0. The molecule has 2 heterocycles. The van der Waals surface area contributed by atoms with Gasteiger partial charge in [0.2, 0.25) is 11.7 Å². The highest BCUT2D eigenvalue weighted by Crippen LogP contribution is 2.30. The van der Waals surface area contributed by atoms with Crippen LogP contribution in [0.2, 0.25) is 0 Å². The number of carbonyl (C=O) groups excluding carboxylic acids is 2. The molecule has 4 rings (SSSR count). The number of aromatic nitrogens is 2. The number of amides is 2. The Morgan fingerprint density at radius 2 is 1.86 bits per heavy atom. The lowest BCUT2D eigenvalue weighted by atomic mass is 9.92. The molecule has 3 aromatic rings. The van der Waals surface area contributed by atoms with Gasteiger partial charge < -0.3 is 26.6 Å². The van der Waals surface area contributed by atoms with Gasteiger partial charge in [-0.05, 0) is 66.8 Å². The number of anilines is 2. The number of allylic oxidation sites excluding steroid dienone is 2. The van der Waals surface area contributed by atoms with Crippen LogP contribution in [-0.2, 0) is 10.2 Å². The van der Waals surface area contributed by atoms with Crippen LogP contribution < -0.4 is 22.1 Å². The van der Waals surface area contributed by atoms with Crippen molar-refractivity contribution in [3.63, 3.8) is 0 Å². The first-order valence-corrected chi connectivity index (χ1v) is 12.1. The second-order valence-corrected chi connectivity index (χ2v) is 10.2. The van der Waals surface area contributed by atoms with E-state index < -0.39 is 5.91 Å². The average molecular weight is 501 g/mol. The van der Waals surface area contributed by atoms with Crippen LogP contribution in [0.5, 0.6) is 0 Å². The highest BCUT2D eigenvalue weighted by molar-refractivity contribution is 6.02. The van der Waals surface area contributed by atoms with Gasteiger partial charge in [-0.1, -0.05) is 32.0 Å². The molecule has 0 unspecified atom stereocenters. The monoisotopic (exact) mass is 500 g/mol. The summed E-state index contributed by atoms with van der Waals surface area (Å²) < 4.78 is 5.24. The molecule has 0 aliphatic heterocycles. The van der Waals surface area contributed by atoms with Crippen LogP contribution in [0.1, 0.15) is 66.6 Å². The van der Waals surface area contributed by atoms with Crippen molar-refractivity contribution >= 4 is 34.6 Å². The van der Waals surface area contributed by atoms with Crippen molar-refractivity contribution in [2.45, 2.75) is 46.0 Å². The van der Waals surface area contributed by atoms with E-state index in [0.717, 1.165) is 29.5 Å². The molecule has 2 amide bonds. The third-order valence-electron chi connectivity index (χ3n) is 6.09. The summed E-state index contributed by atoms with van der Waals surface area (Å²) >= 11 is 0. The molecule has 0 saturated heterocycles. The van der Waals surface area contributed by atoms with Gasteiger partial charge in [-0.2, -0.15) is 0 Å². The Hall–Kier alpha value is -4.40. The summed E-state index contributed by atoms with van der Waals surface area (Å²) in [5.41, 5.74) is 17.0. The molecule has 0 atom stereocenters. The summed E-state index contributed by atoms with van der Waals surface area (Å²) in [5.74, 6) is 0.244. The standard InChI is InChI=1S/C28H32N6O3/c1-16-5-8-20(32-27(36)23-14-24(34-37-23)28(2,3)4)13-21(16)22(30)11-19(15-29)18-9-10-31-25(12-18)33-26(35)17-6-7-17/h5,8-15,17H,6-7,29-30H2,1-4H3,(H,32,36)(H,31,33,35)/b19-15+,22-11-. The van der Waals surface area contributed by atoms with Gasteiger partial charge in [0.15, 0.2) is 0 Å². The minimum atomic E-state index is -0.402. The quantitative estimate of drug-likeness (QED) is 0.347. The van der Waals surface area contributed by atoms with Gasteiger partial charge in [-0.3, -0.25) is 9.59 Å². The number of carbonyl (C=O) groups is 2. The van der Waals surface area contributed by atoms with Crippen LogP contribution in [0.15, 0.2) is 59.4 Å². The molecule has 1 aromatic carbocycles. The number of hydrogen-bond acceptors (Lipinski definition) is 7. The van der Waals surface area contributed by atoms with Gasteiger partial charge in [0.1, 0.15) is 5.82 Å². The van der Waals surface area contributed by atoms with Crippen molar-refractivity contribution < 1.29 is 14.1 Å². The van der Waals surface area contributed by atoms with Crippen LogP contribution >= 0.6 is 0 Å². The third-order valence-corrected chi connectivity index (χ3v) is 6.09. The van der Waals surface area contributed by atoms with Gasteiger partial charge in [0, 0.05) is 46.7 Å². The van der Waals surface area contributed by atoms with Crippen molar-refractivity contribution in [3.8, 4) is 0 Å². The SMILES string of the molecule is Cc1ccc(NC(=O)c2cc(C(C)(C)C)no2)cc1/C(N)=C/C(=C\N)c1ccnc(NC(=O)C2CC2)c1. The van der Waals surface area contributed by atoms with Crippen LogP contribution in [0.3, 0.4) is 0 Å². The molecule has 9 heteroatoms. The number of aryl methyl sites for hydroxylation is 1. The van der Waals surface area contributed by atoms with E-state index in [1.165, 1.54) is 6.20 Å². The van der Waals surface area contributed by atoms with E-state index in [1.54, 1.807) is 42.6 Å². The van der Waals surface area contributed by atoms with E-state index in [2.05, 4.69) is 20.8 Å². The largest absolute Gasteiger partial charge is 0.404 e. The summed E-state index contributed by atoms with van der Waals surface area (Å²) in [4.78, 5) is 29.1. The molecule has 0 spiro atoms. The first-order valence-electron chi connectivity index (χ1n) is 12.1. The number of nitrogens with one attached hydrogen (secondary N) is 2. The zero-order valence-electron chi connectivity index (χ0n) is 21.5. The smallest absolute Gasteiger partial charge is 0.294 e. The molecule has 0 bridgehead atoms. The Bertz CT molecular complexity index is 1390. The topological polar surface area (TPSA) is 149 Å². The summed E-state index contributed by atoms with van der Waals surface area (Å²) in [6.07, 6.45) is 6.64. The Morgan fingerprint density at radius 3 is 2.51 bits per heavy atom. The third kappa shape index (κ3) is 6.24. The number of benzene rings is 1. The average Bonchev–Trinajstić information content (AvgIpc) is 3.58. The predicted molar refractivity (Wildman–Crippen MR) is 144 cm³/mol. The molecular weight excluding hydrogens is 468 g/mol. The minimum absolute atomic E-state index is 0.0209. The highest BCUT2D eigenvalue weighted by Gasteiger charge is 2.29. The Balaban J connectivity index is 1.53. The Morgan fingerprint density at radius 1 is 1.11 bits per heavy atom. The molecule has 6 N–H and O–H groups in total. The first kappa shape index (κ1) is 25.7. The minimum Gasteiger partial charge on any atom is -0.404 e. The van der Waals surface area contributed by atoms with Gasteiger partial charge in [-0.15, -0.1) is 0 Å². The molecule has 1 aliphatic carbocycles. The molecule has 1 aliphatic rings. The number of pyridine rings is 1. The van der Waals surface area contributed by atoms with Crippen molar-refractivity contribution in [2.75, 3.05) is 10.6 Å². The zero-order chi connectivity index (χ0) is 26.7. The van der Waals surface area contributed by atoms with Crippen molar-refractivity contribution in [2.24, 2.45) is 17.4 Å². The lowest BCUT2D eigenvalue weighted by Crippen LogP contribution is -2.14. The van der Waals surface area contributed by atoms with E-state index >= 15 is 0 Å². The van der Waals surface area contributed by atoms with E-state index in [-0.39, 0.29) is 23.0 Å². The highest BCUT2D eigenvalue weighted by atomic mass is 16.5. The normalized spacial score (nSPS) is 14.4. The van der Waals surface area contributed by atoms with Gasteiger partial charge in [0.25, 0.3) is 5.91 Å². The predicted octanol–water partition coefficient (Wildman–Crippen LogP) is 4.58. The van der Waals surface area contributed by atoms with Crippen molar-refractivity contribution in [1.29, 1.82) is 0 Å². The maximum Gasteiger partial charge on any atom is 0.294 e. The molecule has 9 nitrogen and oxygen atoms in total. The second-order valence-electron chi connectivity index (χ2n) is 10.2. The zero-order valence-corrected chi connectivity index (χ0v) is 21.5. The van der Waals surface area contributed by atoms with Gasteiger partial charge in [0.05, 0.1) is 5.69 Å². The van der Waals surface area contributed by atoms with Crippen molar-refractivity contribution in [1.82, 2.24) is 10.1 Å². The summed E-state index contributed by atoms with van der Waals surface area (Å²) in [5, 5.41) is 9.69.